The molecule has 1 aromatic heterocycles. The van der Waals surface area contributed by atoms with Crippen molar-refractivity contribution in [3.63, 3.8) is 0 Å². The van der Waals surface area contributed by atoms with Crippen LogP contribution in [-0.4, -0.2) is 71.4 Å². The van der Waals surface area contributed by atoms with Gasteiger partial charge in [-0.15, -0.1) is 0 Å². The van der Waals surface area contributed by atoms with Crippen molar-refractivity contribution in [3.05, 3.63) is 42.5 Å². The number of nitrogens with one attached hydrogen (secondary N) is 1. The SMILES string of the molecule is COc1cccc(-c2cc(OC3CC4C(=O)NC5([C]=O)CC5/C=C/CCCCN(C(N)=O)C(=O)C4C3)nc(OC)n2)c1. The number of amides is 4. The highest BCUT2D eigenvalue weighted by Gasteiger charge is 2.57. The van der Waals surface area contributed by atoms with Crippen LogP contribution in [0.3, 0.4) is 0 Å². The molecule has 42 heavy (non-hydrogen) atoms. The zero-order valence-corrected chi connectivity index (χ0v) is 23.6. The van der Waals surface area contributed by atoms with Gasteiger partial charge in [0.2, 0.25) is 24.0 Å². The standard InChI is InChI=1S/C30H34N5O7/c1-40-20-10-7-8-18(12-20)24-15-25(33-29(32-24)41-2)42-21-13-22-23(14-21)27(38)35(28(31)39)11-6-4-3-5-9-19-16-30(19,17-36)34-26(22)37/h5,7-10,12,15,19,21-23H,3-4,6,11,13-14,16H2,1-2H3,(H2,31,39)(H,34,37)/b9-5+. The number of hydrogen-bond donors (Lipinski definition) is 2. The van der Waals surface area contributed by atoms with Crippen molar-refractivity contribution in [1.29, 1.82) is 0 Å². The zero-order chi connectivity index (χ0) is 29.9. The number of methoxy groups -OCH3 is 2. The van der Waals surface area contributed by atoms with Gasteiger partial charge in [-0.2, -0.15) is 9.97 Å². The molecular weight excluding hydrogens is 542 g/mol. The summed E-state index contributed by atoms with van der Waals surface area (Å²) < 4.78 is 16.8. The number of nitrogens with two attached hydrogens (primary N) is 1. The van der Waals surface area contributed by atoms with E-state index in [9.17, 15) is 19.2 Å². The van der Waals surface area contributed by atoms with E-state index < -0.39 is 41.3 Å². The van der Waals surface area contributed by atoms with E-state index in [0.717, 1.165) is 16.9 Å². The highest BCUT2D eigenvalue weighted by atomic mass is 16.5. The van der Waals surface area contributed by atoms with Crippen molar-refractivity contribution >= 4 is 24.1 Å². The van der Waals surface area contributed by atoms with Gasteiger partial charge in [0.25, 0.3) is 0 Å². The number of hydrogen-bond acceptors (Lipinski definition) is 9. The number of nitrogens with zero attached hydrogens (tertiary/aromatic N) is 3. The summed E-state index contributed by atoms with van der Waals surface area (Å²) in [5.41, 5.74) is 5.75. The number of primary amides is 1. The minimum Gasteiger partial charge on any atom is -0.497 e. The quantitative estimate of drug-likeness (QED) is 0.492. The van der Waals surface area contributed by atoms with Crippen LogP contribution in [0.5, 0.6) is 17.6 Å². The van der Waals surface area contributed by atoms with Gasteiger partial charge in [0.05, 0.1) is 31.7 Å². The number of fused-ring (bicyclic) bond motifs is 2. The van der Waals surface area contributed by atoms with Gasteiger partial charge in [0.15, 0.2) is 0 Å². The summed E-state index contributed by atoms with van der Waals surface area (Å²) in [5.74, 6) is -2.04. The molecule has 3 aliphatic rings. The molecule has 0 saturated heterocycles. The van der Waals surface area contributed by atoms with E-state index in [2.05, 4.69) is 15.3 Å². The minimum atomic E-state index is -1.11. The Kier molecular flexibility index (Phi) is 8.41. The summed E-state index contributed by atoms with van der Waals surface area (Å²) in [7, 11) is 3.01. The summed E-state index contributed by atoms with van der Waals surface area (Å²) in [5, 5.41) is 2.84. The van der Waals surface area contributed by atoms with Crippen molar-refractivity contribution in [3.8, 4) is 28.9 Å². The van der Waals surface area contributed by atoms with Gasteiger partial charge < -0.3 is 25.3 Å². The fraction of sp³-hybridized carbons (Fsp3) is 0.467. The molecule has 1 aromatic carbocycles. The molecule has 5 rings (SSSR count). The van der Waals surface area contributed by atoms with Gasteiger partial charge >= 0.3 is 12.0 Å². The topological polar surface area (TPSA) is 163 Å². The van der Waals surface area contributed by atoms with E-state index in [1.807, 2.05) is 42.7 Å². The average Bonchev–Trinajstić information content (AvgIpc) is 3.51. The molecule has 12 nitrogen and oxygen atoms in total. The Morgan fingerprint density at radius 3 is 2.67 bits per heavy atom. The normalized spacial score (nSPS) is 28.4. The van der Waals surface area contributed by atoms with Crippen LogP contribution in [0.25, 0.3) is 11.3 Å². The second kappa shape index (κ2) is 12.2. The number of imide groups is 1. The van der Waals surface area contributed by atoms with E-state index >= 15 is 0 Å². The third-order valence-electron chi connectivity index (χ3n) is 8.14. The van der Waals surface area contributed by atoms with Gasteiger partial charge in [-0.1, -0.05) is 24.3 Å². The molecule has 5 atom stereocenters. The molecule has 12 heteroatoms. The highest BCUT2D eigenvalue weighted by Crippen LogP contribution is 2.45. The number of ether oxygens (including phenoxy) is 3. The molecule has 2 heterocycles. The van der Waals surface area contributed by atoms with Crippen LogP contribution in [0.15, 0.2) is 42.5 Å². The maximum Gasteiger partial charge on any atom is 0.321 e. The summed E-state index contributed by atoms with van der Waals surface area (Å²) >= 11 is 0. The van der Waals surface area contributed by atoms with Gasteiger partial charge in [-0.25, -0.2) is 4.79 Å². The summed E-state index contributed by atoms with van der Waals surface area (Å²) in [4.78, 5) is 61.2. The Morgan fingerprint density at radius 2 is 1.93 bits per heavy atom. The van der Waals surface area contributed by atoms with Crippen LogP contribution < -0.4 is 25.3 Å². The third kappa shape index (κ3) is 6.07. The first-order chi connectivity index (χ1) is 20.3. The van der Waals surface area contributed by atoms with E-state index in [-0.39, 0.29) is 37.2 Å². The molecule has 1 aliphatic heterocycles. The smallest absolute Gasteiger partial charge is 0.321 e. The molecule has 1 radical (unpaired) electrons. The van der Waals surface area contributed by atoms with Crippen molar-refractivity contribution in [2.45, 2.75) is 50.2 Å². The lowest BCUT2D eigenvalue weighted by Gasteiger charge is -2.26. The molecule has 221 valence electrons. The first-order valence-corrected chi connectivity index (χ1v) is 14.0. The van der Waals surface area contributed by atoms with Crippen molar-refractivity contribution in [2.24, 2.45) is 23.5 Å². The largest absolute Gasteiger partial charge is 0.497 e. The lowest BCUT2D eigenvalue weighted by molar-refractivity contribution is -0.138. The van der Waals surface area contributed by atoms with Gasteiger partial charge in [0, 0.05) is 24.1 Å². The maximum absolute atomic E-state index is 13.7. The predicted octanol–water partition coefficient (Wildman–Crippen LogP) is 2.57. The van der Waals surface area contributed by atoms with E-state index in [1.54, 1.807) is 13.2 Å². The number of rotatable bonds is 6. The number of urea groups is 1. The number of benzene rings is 1. The first kappa shape index (κ1) is 29.0. The Bertz CT molecular complexity index is 1400. The molecule has 2 saturated carbocycles. The molecule has 5 unspecified atom stereocenters. The molecule has 0 spiro atoms. The lowest BCUT2D eigenvalue weighted by Crippen LogP contribution is -2.49. The Labute approximate surface area is 243 Å². The van der Waals surface area contributed by atoms with Crippen LogP contribution in [0.1, 0.15) is 38.5 Å². The molecular formula is C30H34N5O7. The Hall–Kier alpha value is -4.48. The van der Waals surface area contributed by atoms with Gasteiger partial charge in [-0.05, 0) is 50.7 Å². The van der Waals surface area contributed by atoms with E-state index in [4.69, 9.17) is 19.9 Å². The molecule has 4 amide bonds. The minimum absolute atomic E-state index is 0.0759. The second-order valence-corrected chi connectivity index (χ2v) is 10.9. The van der Waals surface area contributed by atoms with E-state index in [0.29, 0.717) is 30.7 Å². The number of aromatic nitrogens is 2. The molecule has 2 aromatic rings. The first-order valence-electron chi connectivity index (χ1n) is 14.0. The monoisotopic (exact) mass is 576 g/mol. The van der Waals surface area contributed by atoms with Crippen LogP contribution in [0.2, 0.25) is 0 Å². The fourth-order valence-electron chi connectivity index (χ4n) is 5.75. The Morgan fingerprint density at radius 1 is 1.12 bits per heavy atom. The Balaban J connectivity index is 1.42. The average molecular weight is 577 g/mol. The van der Waals surface area contributed by atoms with Gasteiger partial charge in [0.1, 0.15) is 17.4 Å². The summed E-state index contributed by atoms with van der Waals surface area (Å²) in [6, 6.07) is 8.16. The van der Waals surface area contributed by atoms with Crippen LogP contribution in [0, 0.1) is 17.8 Å². The molecule has 2 aliphatic carbocycles. The molecule has 2 fully saturated rings. The lowest BCUT2D eigenvalue weighted by atomic mass is 9.93. The molecule has 3 N–H and O–H groups in total. The van der Waals surface area contributed by atoms with Gasteiger partial charge in [-0.3, -0.25) is 19.3 Å². The summed E-state index contributed by atoms with van der Waals surface area (Å²) in [6.45, 7) is 0.154. The highest BCUT2D eigenvalue weighted by molar-refractivity contribution is 5.98. The van der Waals surface area contributed by atoms with Crippen LogP contribution >= 0.6 is 0 Å². The second-order valence-electron chi connectivity index (χ2n) is 10.9. The van der Waals surface area contributed by atoms with Crippen LogP contribution in [0.4, 0.5) is 4.79 Å². The number of carbonyl (C=O) groups excluding carboxylic acids is 4. The maximum atomic E-state index is 13.7. The van der Waals surface area contributed by atoms with Crippen molar-refractivity contribution < 1.29 is 33.4 Å². The fourth-order valence-corrected chi connectivity index (χ4v) is 5.75. The van der Waals surface area contributed by atoms with Crippen LogP contribution in [-0.2, 0) is 14.4 Å². The van der Waals surface area contributed by atoms with Crippen molar-refractivity contribution in [2.75, 3.05) is 20.8 Å². The van der Waals surface area contributed by atoms with E-state index in [1.165, 1.54) is 7.11 Å². The zero-order valence-electron chi connectivity index (χ0n) is 23.6. The third-order valence-corrected chi connectivity index (χ3v) is 8.14. The predicted molar refractivity (Wildman–Crippen MR) is 150 cm³/mol. The summed E-state index contributed by atoms with van der Waals surface area (Å²) in [6.07, 6.45) is 8.03. The van der Waals surface area contributed by atoms with Crippen molar-refractivity contribution in [1.82, 2.24) is 20.2 Å². The number of allylic oxidation sites excluding steroid dienone is 1. The molecule has 0 bridgehead atoms. The number of carbonyl (C=O) groups is 3.